The first-order valence-electron chi connectivity index (χ1n) is 6.73. The highest BCUT2D eigenvalue weighted by molar-refractivity contribution is 6.05. The zero-order valence-electron chi connectivity index (χ0n) is 11.1. The van der Waals surface area contributed by atoms with Crippen molar-refractivity contribution in [1.82, 2.24) is 5.32 Å². The van der Waals surface area contributed by atoms with Crippen molar-refractivity contribution in [1.29, 1.82) is 0 Å². The molecule has 2 rings (SSSR count). The first kappa shape index (κ1) is 13.2. The highest BCUT2D eigenvalue weighted by Gasteiger charge is 2.42. The fourth-order valence-corrected chi connectivity index (χ4v) is 2.44. The number of nitrogens with two attached hydrogens (primary N) is 1. The Kier molecular flexibility index (Phi) is 3.50. The molecule has 0 aromatic rings. The summed E-state index contributed by atoms with van der Waals surface area (Å²) in [4.78, 5) is 12.1. The van der Waals surface area contributed by atoms with E-state index < -0.39 is 5.41 Å². The van der Waals surface area contributed by atoms with Crippen LogP contribution in [0.1, 0.15) is 39.5 Å². The molecule has 0 aromatic carbocycles. The van der Waals surface area contributed by atoms with Gasteiger partial charge in [-0.2, -0.15) is 0 Å². The molecule has 0 aliphatic heterocycles. The Balaban J connectivity index is 1.86. The molecule has 0 saturated heterocycles. The van der Waals surface area contributed by atoms with Gasteiger partial charge in [-0.3, -0.25) is 4.79 Å². The fourth-order valence-electron chi connectivity index (χ4n) is 2.44. The molecule has 0 atom stereocenters. The predicted molar refractivity (Wildman–Crippen MR) is 69.1 cm³/mol. The maximum absolute atomic E-state index is 12.1. The highest BCUT2D eigenvalue weighted by atomic mass is 16.4. The van der Waals surface area contributed by atoms with Crippen LogP contribution in [0.4, 0.5) is 0 Å². The van der Waals surface area contributed by atoms with Gasteiger partial charge in [0.05, 0.1) is 0 Å². The standard InChI is InChI=1S/C13H23N3O2/c1-13(2,11(14)16-18)12(17)15-7-10(8-3-4-8)9-5-6-9/h8-10,18H,3-7H2,1-2H3,(H2,14,16)(H,15,17). The Morgan fingerprint density at radius 1 is 1.39 bits per heavy atom. The van der Waals surface area contributed by atoms with Crippen LogP contribution in [0, 0.1) is 23.2 Å². The van der Waals surface area contributed by atoms with E-state index in [2.05, 4.69) is 10.5 Å². The second-order valence-corrected chi connectivity index (χ2v) is 6.16. The van der Waals surface area contributed by atoms with Gasteiger partial charge in [-0.1, -0.05) is 5.16 Å². The lowest BCUT2D eigenvalue weighted by atomic mass is 9.90. The molecule has 0 bridgehead atoms. The monoisotopic (exact) mass is 253 g/mol. The molecule has 0 heterocycles. The average Bonchev–Trinajstić information content (AvgIpc) is 3.19. The van der Waals surface area contributed by atoms with Gasteiger partial charge < -0.3 is 16.3 Å². The molecule has 0 spiro atoms. The van der Waals surface area contributed by atoms with Gasteiger partial charge >= 0.3 is 0 Å². The summed E-state index contributed by atoms with van der Waals surface area (Å²) in [7, 11) is 0. The second kappa shape index (κ2) is 4.78. The lowest BCUT2D eigenvalue weighted by Crippen LogP contribution is -2.47. The first-order chi connectivity index (χ1) is 8.46. The Bertz CT molecular complexity index is 345. The van der Waals surface area contributed by atoms with E-state index in [1.807, 2.05) is 0 Å². The summed E-state index contributed by atoms with van der Waals surface area (Å²) in [5.74, 6) is 2.05. The minimum Gasteiger partial charge on any atom is -0.409 e. The molecule has 0 unspecified atom stereocenters. The Labute approximate surface area is 108 Å². The topological polar surface area (TPSA) is 87.7 Å². The number of hydrogen-bond acceptors (Lipinski definition) is 3. The van der Waals surface area contributed by atoms with E-state index in [0.29, 0.717) is 5.92 Å². The van der Waals surface area contributed by atoms with Crippen molar-refractivity contribution in [3.63, 3.8) is 0 Å². The molecule has 2 aliphatic carbocycles. The largest absolute Gasteiger partial charge is 0.409 e. The van der Waals surface area contributed by atoms with E-state index >= 15 is 0 Å². The predicted octanol–water partition coefficient (Wildman–Crippen LogP) is 1.31. The number of rotatable bonds is 6. The number of carbonyl (C=O) groups is 1. The molecule has 1 amide bonds. The van der Waals surface area contributed by atoms with E-state index in [1.165, 1.54) is 25.7 Å². The van der Waals surface area contributed by atoms with Crippen molar-refractivity contribution in [2.45, 2.75) is 39.5 Å². The minimum absolute atomic E-state index is 0.0469. The molecule has 0 aromatic heterocycles. The van der Waals surface area contributed by atoms with E-state index in [0.717, 1.165) is 18.4 Å². The van der Waals surface area contributed by atoms with Crippen molar-refractivity contribution >= 4 is 11.7 Å². The van der Waals surface area contributed by atoms with Crippen LogP contribution >= 0.6 is 0 Å². The van der Waals surface area contributed by atoms with E-state index in [-0.39, 0.29) is 11.7 Å². The summed E-state index contributed by atoms with van der Waals surface area (Å²) in [6.07, 6.45) is 5.22. The van der Waals surface area contributed by atoms with Gasteiger partial charge in [0.15, 0.2) is 5.84 Å². The quantitative estimate of drug-likeness (QED) is 0.289. The van der Waals surface area contributed by atoms with E-state index in [1.54, 1.807) is 13.8 Å². The van der Waals surface area contributed by atoms with Gasteiger partial charge in [0.2, 0.25) is 5.91 Å². The molecule has 102 valence electrons. The van der Waals surface area contributed by atoms with Crippen LogP contribution in [0.15, 0.2) is 5.16 Å². The van der Waals surface area contributed by atoms with Crippen LogP contribution in [0.2, 0.25) is 0 Å². The second-order valence-electron chi connectivity index (χ2n) is 6.16. The van der Waals surface area contributed by atoms with Crippen LogP contribution < -0.4 is 11.1 Å². The molecule has 18 heavy (non-hydrogen) atoms. The Morgan fingerprint density at radius 3 is 2.28 bits per heavy atom. The average molecular weight is 253 g/mol. The smallest absolute Gasteiger partial charge is 0.233 e. The summed E-state index contributed by atoms with van der Waals surface area (Å²) < 4.78 is 0. The van der Waals surface area contributed by atoms with Crippen LogP contribution in [0.5, 0.6) is 0 Å². The number of oxime groups is 1. The van der Waals surface area contributed by atoms with Crippen molar-refractivity contribution in [2.75, 3.05) is 6.54 Å². The maximum Gasteiger partial charge on any atom is 0.233 e. The normalized spacial score (nSPS) is 21.2. The summed E-state index contributed by atoms with van der Waals surface area (Å²) in [5.41, 5.74) is 4.59. The van der Waals surface area contributed by atoms with Gasteiger partial charge in [-0.05, 0) is 57.3 Å². The summed E-state index contributed by atoms with van der Waals surface area (Å²) >= 11 is 0. The molecule has 4 N–H and O–H groups in total. The van der Waals surface area contributed by atoms with E-state index in [9.17, 15) is 4.79 Å². The fraction of sp³-hybridized carbons (Fsp3) is 0.846. The summed E-state index contributed by atoms with van der Waals surface area (Å²) in [6, 6.07) is 0. The zero-order chi connectivity index (χ0) is 13.3. The van der Waals surface area contributed by atoms with Crippen LogP contribution in [-0.2, 0) is 4.79 Å². The van der Waals surface area contributed by atoms with Gasteiger partial charge in [0, 0.05) is 6.54 Å². The minimum atomic E-state index is -0.952. The molecular weight excluding hydrogens is 230 g/mol. The number of nitrogens with zero attached hydrogens (tertiary/aromatic N) is 1. The lowest BCUT2D eigenvalue weighted by Gasteiger charge is -2.24. The van der Waals surface area contributed by atoms with E-state index in [4.69, 9.17) is 10.9 Å². The molecule has 0 radical (unpaired) electrons. The number of nitrogens with one attached hydrogen (secondary N) is 1. The van der Waals surface area contributed by atoms with Gasteiger partial charge in [0.1, 0.15) is 5.41 Å². The molecule has 2 fully saturated rings. The van der Waals surface area contributed by atoms with Crippen molar-refractivity contribution < 1.29 is 10.0 Å². The summed E-state index contributed by atoms with van der Waals surface area (Å²) in [6.45, 7) is 4.07. The van der Waals surface area contributed by atoms with Crippen LogP contribution in [0.25, 0.3) is 0 Å². The summed E-state index contributed by atoms with van der Waals surface area (Å²) in [5, 5.41) is 14.6. The van der Waals surface area contributed by atoms with Crippen molar-refractivity contribution in [2.24, 2.45) is 34.1 Å². The zero-order valence-corrected chi connectivity index (χ0v) is 11.1. The van der Waals surface area contributed by atoms with Gasteiger partial charge in [-0.25, -0.2) is 0 Å². The third-order valence-corrected chi connectivity index (χ3v) is 4.27. The van der Waals surface area contributed by atoms with Crippen molar-refractivity contribution in [3.8, 4) is 0 Å². The third-order valence-electron chi connectivity index (χ3n) is 4.27. The Hall–Kier alpha value is -1.26. The molecule has 2 saturated carbocycles. The lowest BCUT2D eigenvalue weighted by molar-refractivity contribution is -0.126. The molecule has 5 nitrogen and oxygen atoms in total. The number of amidine groups is 1. The molecular formula is C13H23N3O2. The maximum atomic E-state index is 12.1. The number of carbonyl (C=O) groups excluding carboxylic acids is 1. The SMILES string of the molecule is CC(C)(C(=O)NCC(C1CC1)C1CC1)C(N)=NO. The molecule has 2 aliphatic rings. The van der Waals surface area contributed by atoms with Crippen LogP contribution in [-0.4, -0.2) is 23.5 Å². The Morgan fingerprint density at radius 2 is 1.89 bits per heavy atom. The number of hydrogen-bond donors (Lipinski definition) is 3. The van der Waals surface area contributed by atoms with Crippen molar-refractivity contribution in [3.05, 3.63) is 0 Å². The number of amides is 1. The third kappa shape index (κ3) is 2.76. The molecule has 5 heteroatoms. The first-order valence-corrected chi connectivity index (χ1v) is 6.73. The van der Waals surface area contributed by atoms with Gasteiger partial charge in [0.25, 0.3) is 0 Å². The van der Waals surface area contributed by atoms with Crippen LogP contribution in [0.3, 0.4) is 0 Å². The van der Waals surface area contributed by atoms with Gasteiger partial charge in [-0.15, -0.1) is 0 Å². The highest BCUT2D eigenvalue weighted by Crippen LogP contribution is 2.48.